The summed E-state index contributed by atoms with van der Waals surface area (Å²) in [5.74, 6) is 0.387. The maximum atomic E-state index is 13.2. The van der Waals surface area contributed by atoms with Crippen molar-refractivity contribution in [2.24, 2.45) is 5.92 Å². The molecule has 1 fully saturated rings. The van der Waals surface area contributed by atoms with Crippen molar-refractivity contribution in [3.63, 3.8) is 0 Å². The van der Waals surface area contributed by atoms with Gasteiger partial charge in [-0.25, -0.2) is 4.39 Å². The number of ether oxygens (including phenoxy) is 1. The number of rotatable bonds is 4. The average molecular weight is 293 g/mol. The maximum absolute atomic E-state index is 13.2. The molecule has 0 N–H and O–H groups in total. The van der Waals surface area contributed by atoms with Gasteiger partial charge in [-0.15, -0.1) is 0 Å². The van der Waals surface area contributed by atoms with Crippen LogP contribution in [0.5, 0.6) is 0 Å². The molecule has 2 rings (SSSR count). The van der Waals surface area contributed by atoms with Crippen molar-refractivity contribution in [3.05, 3.63) is 35.6 Å². The molecular weight excluding hydrogens is 269 g/mol. The van der Waals surface area contributed by atoms with Crippen LogP contribution in [-0.2, 0) is 16.0 Å². The Balaban J connectivity index is 1.87. The summed E-state index contributed by atoms with van der Waals surface area (Å²) < 4.78 is 18.4. The van der Waals surface area contributed by atoms with E-state index < -0.39 is 5.60 Å². The fourth-order valence-electron chi connectivity index (χ4n) is 2.81. The predicted molar refractivity (Wildman–Crippen MR) is 80.5 cm³/mol. The Morgan fingerprint density at radius 1 is 1.38 bits per heavy atom. The first-order valence-corrected chi connectivity index (χ1v) is 7.51. The van der Waals surface area contributed by atoms with E-state index in [0.29, 0.717) is 5.92 Å². The zero-order valence-electron chi connectivity index (χ0n) is 13.1. The molecule has 1 saturated heterocycles. The number of carbonyl (C=O) groups is 1. The Morgan fingerprint density at radius 3 is 2.62 bits per heavy atom. The molecule has 116 valence electrons. The van der Waals surface area contributed by atoms with E-state index in [1.54, 1.807) is 33.1 Å². The summed E-state index contributed by atoms with van der Waals surface area (Å²) >= 11 is 0. The second-order valence-electron chi connectivity index (χ2n) is 6.28. The second-order valence-corrected chi connectivity index (χ2v) is 6.28. The van der Waals surface area contributed by atoms with Gasteiger partial charge in [0.15, 0.2) is 0 Å². The van der Waals surface area contributed by atoms with Crippen molar-refractivity contribution in [3.8, 4) is 0 Å². The van der Waals surface area contributed by atoms with Gasteiger partial charge in [-0.05, 0) is 56.7 Å². The lowest BCUT2D eigenvalue weighted by Crippen LogP contribution is -2.49. The van der Waals surface area contributed by atoms with Gasteiger partial charge in [0.05, 0.1) is 0 Å². The van der Waals surface area contributed by atoms with Crippen LogP contribution in [0.15, 0.2) is 24.3 Å². The third kappa shape index (κ3) is 4.03. The van der Waals surface area contributed by atoms with Gasteiger partial charge in [0.1, 0.15) is 11.4 Å². The molecule has 0 aromatic heterocycles. The summed E-state index contributed by atoms with van der Waals surface area (Å²) in [5, 5.41) is 0. The van der Waals surface area contributed by atoms with Crippen molar-refractivity contribution in [1.29, 1.82) is 0 Å². The lowest BCUT2D eigenvalue weighted by atomic mass is 9.89. The smallest absolute Gasteiger partial charge is 0.254 e. The zero-order chi connectivity index (χ0) is 15.5. The summed E-state index contributed by atoms with van der Waals surface area (Å²) in [4.78, 5) is 14.2. The molecule has 0 bridgehead atoms. The largest absolute Gasteiger partial charge is 0.369 e. The van der Waals surface area contributed by atoms with Gasteiger partial charge in [0.25, 0.3) is 5.91 Å². The van der Waals surface area contributed by atoms with E-state index in [1.807, 2.05) is 11.0 Å². The minimum Gasteiger partial charge on any atom is -0.369 e. The molecule has 0 radical (unpaired) electrons. The van der Waals surface area contributed by atoms with Crippen LogP contribution in [0.3, 0.4) is 0 Å². The Hall–Kier alpha value is -1.42. The summed E-state index contributed by atoms with van der Waals surface area (Å²) in [6.07, 6.45) is 2.80. The molecule has 1 amide bonds. The minimum atomic E-state index is -0.755. The highest BCUT2D eigenvalue weighted by Gasteiger charge is 2.33. The monoisotopic (exact) mass is 293 g/mol. The van der Waals surface area contributed by atoms with Crippen molar-refractivity contribution >= 4 is 5.91 Å². The topological polar surface area (TPSA) is 29.5 Å². The molecule has 0 unspecified atom stereocenters. The summed E-state index contributed by atoms with van der Waals surface area (Å²) in [7, 11) is 1.56. The van der Waals surface area contributed by atoms with Crippen molar-refractivity contribution in [1.82, 2.24) is 4.90 Å². The molecule has 3 nitrogen and oxygen atoms in total. The van der Waals surface area contributed by atoms with Crippen molar-refractivity contribution in [2.45, 2.75) is 38.7 Å². The van der Waals surface area contributed by atoms with E-state index >= 15 is 0 Å². The first-order chi connectivity index (χ1) is 9.92. The minimum absolute atomic E-state index is 0.0502. The first-order valence-electron chi connectivity index (χ1n) is 7.51. The van der Waals surface area contributed by atoms with E-state index in [1.165, 1.54) is 6.07 Å². The number of hydrogen-bond donors (Lipinski definition) is 0. The number of methoxy groups -OCH3 is 1. The highest BCUT2D eigenvalue weighted by atomic mass is 19.1. The fraction of sp³-hybridized carbons (Fsp3) is 0.588. The number of hydrogen-bond acceptors (Lipinski definition) is 2. The molecule has 0 aliphatic carbocycles. The van der Waals surface area contributed by atoms with E-state index in [-0.39, 0.29) is 11.7 Å². The van der Waals surface area contributed by atoms with E-state index in [9.17, 15) is 9.18 Å². The lowest BCUT2D eigenvalue weighted by molar-refractivity contribution is -0.152. The number of nitrogens with zero attached hydrogens (tertiary/aromatic N) is 1. The molecule has 1 aliphatic rings. The van der Waals surface area contributed by atoms with Crippen molar-refractivity contribution < 1.29 is 13.9 Å². The zero-order valence-corrected chi connectivity index (χ0v) is 13.1. The molecule has 0 atom stereocenters. The molecule has 1 aromatic rings. The normalized spacial score (nSPS) is 17.0. The van der Waals surface area contributed by atoms with E-state index in [4.69, 9.17) is 4.74 Å². The van der Waals surface area contributed by atoms with Crippen LogP contribution >= 0.6 is 0 Å². The van der Waals surface area contributed by atoms with Gasteiger partial charge in [-0.2, -0.15) is 0 Å². The Kier molecular flexibility index (Phi) is 4.99. The lowest BCUT2D eigenvalue weighted by Gasteiger charge is -2.36. The van der Waals surface area contributed by atoms with Gasteiger partial charge in [0, 0.05) is 20.2 Å². The Labute approximate surface area is 126 Å². The summed E-state index contributed by atoms with van der Waals surface area (Å²) in [6, 6.07) is 6.79. The van der Waals surface area contributed by atoms with Crippen LogP contribution in [0.1, 0.15) is 32.3 Å². The summed E-state index contributed by atoms with van der Waals surface area (Å²) in [6.45, 7) is 5.11. The number of likely N-dealkylation sites (tertiary alicyclic amines) is 1. The molecule has 1 heterocycles. The third-order valence-corrected chi connectivity index (χ3v) is 4.34. The van der Waals surface area contributed by atoms with Gasteiger partial charge < -0.3 is 9.64 Å². The molecule has 4 heteroatoms. The number of halogens is 1. The number of carbonyl (C=O) groups excluding carboxylic acids is 1. The van der Waals surface area contributed by atoms with Crippen LogP contribution in [0.2, 0.25) is 0 Å². The van der Waals surface area contributed by atoms with Gasteiger partial charge in [-0.3, -0.25) is 4.79 Å². The number of benzene rings is 1. The Bertz CT molecular complexity index is 493. The van der Waals surface area contributed by atoms with Crippen LogP contribution in [0.25, 0.3) is 0 Å². The molecule has 21 heavy (non-hydrogen) atoms. The van der Waals surface area contributed by atoms with Gasteiger partial charge in [0.2, 0.25) is 0 Å². The van der Waals surface area contributed by atoms with E-state index in [0.717, 1.165) is 37.9 Å². The van der Waals surface area contributed by atoms with Crippen LogP contribution in [0, 0.1) is 11.7 Å². The van der Waals surface area contributed by atoms with E-state index in [2.05, 4.69) is 0 Å². The predicted octanol–water partition coefficient (Wildman–Crippen LogP) is 3.03. The summed E-state index contributed by atoms with van der Waals surface area (Å²) in [5.41, 5.74) is 0.284. The number of piperidine rings is 1. The second kappa shape index (κ2) is 6.56. The van der Waals surface area contributed by atoms with Crippen LogP contribution in [0.4, 0.5) is 4.39 Å². The highest BCUT2D eigenvalue weighted by Crippen LogP contribution is 2.24. The standard InChI is InChI=1S/C17H24FNO2/c1-17(2,21-3)16(20)19-9-7-13(8-10-19)11-14-5-4-6-15(18)12-14/h4-6,12-13H,7-11H2,1-3H3. The first kappa shape index (κ1) is 16.0. The van der Waals surface area contributed by atoms with Crippen LogP contribution < -0.4 is 0 Å². The van der Waals surface area contributed by atoms with Gasteiger partial charge >= 0.3 is 0 Å². The van der Waals surface area contributed by atoms with Crippen molar-refractivity contribution in [2.75, 3.05) is 20.2 Å². The molecule has 0 saturated carbocycles. The maximum Gasteiger partial charge on any atom is 0.254 e. The molecule has 0 spiro atoms. The molecular formula is C17H24FNO2. The highest BCUT2D eigenvalue weighted by molar-refractivity contribution is 5.84. The van der Waals surface area contributed by atoms with Gasteiger partial charge in [-0.1, -0.05) is 12.1 Å². The average Bonchev–Trinajstić information content (AvgIpc) is 2.47. The fourth-order valence-corrected chi connectivity index (χ4v) is 2.81. The molecule has 1 aliphatic heterocycles. The Morgan fingerprint density at radius 2 is 2.05 bits per heavy atom. The number of amides is 1. The van der Waals surface area contributed by atoms with Crippen LogP contribution in [-0.4, -0.2) is 36.6 Å². The quantitative estimate of drug-likeness (QED) is 0.854. The third-order valence-electron chi connectivity index (χ3n) is 4.34. The SMILES string of the molecule is COC(C)(C)C(=O)N1CCC(Cc2cccc(F)c2)CC1. The molecule has 1 aromatic carbocycles.